The molecule has 0 atom stereocenters. The van der Waals surface area contributed by atoms with E-state index < -0.39 is 0 Å². The molecule has 0 N–H and O–H groups in total. The monoisotopic (exact) mass is 436 g/mol. The van der Waals surface area contributed by atoms with Gasteiger partial charge in [-0.25, -0.2) is 4.98 Å². The zero-order valence-electron chi connectivity index (χ0n) is 18.3. The average Bonchev–Trinajstić information content (AvgIpc) is 3.65. The van der Waals surface area contributed by atoms with Crippen LogP contribution in [0.4, 0.5) is 0 Å². The fourth-order valence-electron chi connectivity index (χ4n) is 3.53. The molecule has 0 aliphatic heterocycles. The SMILES string of the molecule is CCCOc1ccc(OCCOC(=O)CCc2nc3ccccc3c(=O)n2C2CC2)cc1. The number of benzene rings is 2. The number of aromatic nitrogens is 2. The minimum atomic E-state index is -0.332. The Hall–Kier alpha value is -3.35. The number of hydrogen-bond acceptors (Lipinski definition) is 6. The van der Waals surface area contributed by atoms with E-state index in [-0.39, 0.29) is 37.2 Å². The topological polar surface area (TPSA) is 79.7 Å². The summed E-state index contributed by atoms with van der Waals surface area (Å²) < 4.78 is 18.2. The summed E-state index contributed by atoms with van der Waals surface area (Å²) in [5.41, 5.74) is 0.637. The molecule has 2 aromatic carbocycles. The maximum absolute atomic E-state index is 12.9. The van der Waals surface area contributed by atoms with Crippen LogP contribution < -0.4 is 15.0 Å². The Morgan fingerprint density at radius 3 is 2.38 bits per heavy atom. The number of carbonyl (C=O) groups excluding carboxylic acids is 1. The highest BCUT2D eigenvalue weighted by Gasteiger charge is 2.28. The van der Waals surface area contributed by atoms with Gasteiger partial charge in [0.05, 0.1) is 23.9 Å². The highest BCUT2D eigenvalue weighted by molar-refractivity contribution is 5.77. The second kappa shape index (κ2) is 10.3. The van der Waals surface area contributed by atoms with Crippen LogP contribution in [0.2, 0.25) is 0 Å². The lowest BCUT2D eigenvalue weighted by molar-refractivity contribution is -0.144. The van der Waals surface area contributed by atoms with Gasteiger partial charge in [-0.15, -0.1) is 0 Å². The molecule has 32 heavy (non-hydrogen) atoms. The molecule has 0 spiro atoms. The fraction of sp³-hybridized carbons (Fsp3) is 0.400. The van der Waals surface area contributed by atoms with Crippen molar-refractivity contribution >= 4 is 16.9 Å². The van der Waals surface area contributed by atoms with Gasteiger partial charge in [-0.3, -0.25) is 14.2 Å². The predicted molar refractivity (Wildman–Crippen MR) is 121 cm³/mol. The van der Waals surface area contributed by atoms with Gasteiger partial charge in [0.2, 0.25) is 0 Å². The van der Waals surface area contributed by atoms with Gasteiger partial charge in [-0.05, 0) is 55.7 Å². The van der Waals surface area contributed by atoms with E-state index >= 15 is 0 Å². The van der Waals surface area contributed by atoms with E-state index in [4.69, 9.17) is 14.2 Å². The van der Waals surface area contributed by atoms with Crippen LogP contribution >= 0.6 is 0 Å². The van der Waals surface area contributed by atoms with Crippen molar-refractivity contribution < 1.29 is 19.0 Å². The molecule has 0 saturated heterocycles. The Labute approximate surface area is 186 Å². The number of aryl methyl sites for hydroxylation is 1. The average molecular weight is 437 g/mol. The summed E-state index contributed by atoms with van der Waals surface area (Å²) >= 11 is 0. The number of ether oxygens (including phenoxy) is 3. The Bertz CT molecular complexity index is 1120. The van der Waals surface area contributed by atoms with Crippen LogP contribution in [-0.4, -0.2) is 35.3 Å². The van der Waals surface area contributed by atoms with Gasteiger partial charge in [-0.2, -0.15) is 0 Å². The standard InChI is InChI=1S/C25H28N2O5/c1-2-15-30-19-9-11-20(12-10-19)31-16-17-32-24(28)14-13-23-26-22-6-4-3-5-21(22)25(29)27(23)18-7-8-18/h3-6,9-12,18H,2,7-8,13-17H2,1H3. The van der Waals surface area contributed by atoms with Gasteiger partial charge in [0.1, 0.15) is 30.5 Å². The molecule has 1 saturated carbocycles. The van der Waals surface area contributed by atoms with Crippen molar-refractivity contribution in [2.45, 2.75) is 45.1 Å². The number of esters is 1. The van der Waals surface area contributed by atoms with Crippen LogP contribution in [0.5, 0.6) is 11.5 Å². The molecule has 1 aromatic heterocycles. The lowest BCUT2D eigenvalue weighted by Gasteiger charge is -2.13. The van der Waals surface area contributed by atoms with E-state index in [2.05, 4.69) is 11.9 Å². The van der Waals surface area contributed by atoms with E-state index in [1.807, 2.05) is 42.5 Å². The van der Waals surface area contributed by atoms with Gasteiger partial charge < -0.3 is 14.2 Å². The van der Waals surface area contributed by atoms with Crippen molar-refractivity contribution in [3.63, 3.8) is 0 Å². The summed E-state index contributed by atoms with van der Waals surface area (Å²) in [5, 5.41) is 0.618. The molecule has 1 aliphatic carbocycles. The van der Waals surface area contributed by atoms with Crippen molar-refractivity contribution in [3.8, 4) is 11.5 Å². The Balaban J connectivity index is 1.26. The maximum Gasteiger partial charge on any atom is 0.306 e. The van der Waals surface area contributed by atoms with E-state index in [1.54, 1.807) is 10.6 Å². The molecule has 7 heteroatoms. The zero-order valence-corrected chi connectivity index (χ0v) is 18.3. The van der Waals surface area contributed by atoms with Gasteiger partial charge in [-0.1, -0.05) is 19.1 Å². The van der Waals surface area contributed by atoms with E-state index in [9.17, 15) is 9.59 Å². The molecule has 4 rings (SSSR count). The molecule has 1 aliphatic rings. The predicted octanol–water partition coefficient (Wildman–Crippen LogP) is 4.08. The molecule has 1 fully saturated rings. The molecule has 1 heterocycles. The third-order valence-corrected chi connectivity index (χ3v) is 5.26. The van der Waals surface area contributed by atoms with Gasteiger partial charge in [0.25, 0.3) is 5.56 Å². The van der Waals surface area contributed by atoms with E-state index in [0.717, 1.165) is 25.0 Å². The lowest BCUT2D eigenvalue weighted by Crippen LogP contribution is -2.25. The summed E-state index contributed by atoms with van der Waals surface area (Å²) in [5.74, 6) is 1.81. The van der Waals surface area contributed by atoms with Crippen molar-refractivity contribution in [1.29, 1.82) is 0 Å². The molecule has 7 nitrogen and oxygen atoms in total. The van der Waals surface area contributed by atoms with Crippen LogP contribution in [0.1, 0.15) is 44.5 Å². The van der Waals surface area contributed by atoms with Crippen LogP contribution in [0, 0.1) is 0 Å². The molecule has 168 valence electrons. The first-order valence-electron chi connectivity index (χ1n) is 11.2. The first-order valence-corrected chi connectivity index (χ1v) is 11.2. The van der Waals surface area contributed by atoms with Gasteiger partial charge in [0, 0.05) is 12.5 Å². The molecule has 3 aromatic rings. The second-order valence-electron chi connectivity index (χ2n) is 7.84. The molecular formula is C25H28N2O5. The Morgan fingerprint density at radius 2 is 1.69 bits per heavy atom. The minimum Gasteiger partial charge on any atom is -0.494 e. The highest BCUT2D eigenvalue weighted by atomic mass is 16.6. The first kappa shape index (κ1) is 21.9. The number of fused-ring (bicyclic) bond motifs is 1. The maximum atomic E-state index is 12.9. The largest absolute Gasteiger partial charge is 0.494 e. The summed E-state index contributed by atoms with van der Waals surface area (Å²) in [7, 11) is 0. The van der Waals surface area contributed by atoms with Crippen molar-refractivity contribution in [1.82, 2.24) is 9.55 Å². The summed E-state index contributed by atoms with van der Waals surface area (Å²) in [4.78, 5) is 29.7. The smallest absolute Gasteiger partial charge is 0.306 e. The lowest BCUT2D eigenvalue weighted by atomic mass is 10.2. The third-order valence-electron chi connectivity index (χ3n) is 5.26. The molecular weight excluding hydrogens is 408 g/mol. The Kier molecular flexibility index (Phi) is 7.04. The van der Waals surface area contributed by atoms with Crippen LogP contribution in [0.25, 0.3) is 10.9 Å². The van der Waals surface area contributed by atoms with Crippen molar-refractivity contribution in [2.24, 2.45) is 0 Å². The molecule has 0 unspecified atom stereocenters. The van der Waals surface area contributed by atoms with Crippen molar-refractivity contribution in [2.75, 3.05) is 19.8 Å². The number of rotatable bonds is 11. The van der Waals surface area contributed by atoms with Gasteiger partial charge >= 0.3 is 5.97 Å². The normalized spacial score (nSPS) is 13.2. The highest BCUT2D eigenvalue weighted by Crippen LogP contribution is 2.34. The summed E-state index contributed by atoms with van der Waals surface area (Å²) in [6, 6.07) is 14.9. The minimum absolute atomic E-state index is 0.0269. The zero-order chi connectivity index (χ0) is 22.3. The third kappa shape index (κ3) is 5.46. The molecule has 0 amide bonds. The van der Waals surface area contributed by atoms with Crippen molar-refractivity contribution in [3.05, 3.63) is 64.7 Å². The summed E-state index contributed by atoms with van der Waals surface area (Å²) in [6.07, 6.45) is 3.44. The number of hydrogen-bond donors (Lipinski definition) is 0. The Morgan fingerprint density at radius 1 is 1.00 bits per heavy atom. The molecule has 0 bridgehead atoms. The van der Waals surface area contributed by atoms with E-state index in [1.165, 1.54) is 0 Å². The number of nitrogens with zero attached hydrogens (tertiary/aromatic N) is 2. The second-order valence-corrected chi connectivity index (χ2v) is 7.84. The van der Waals surface area contributed by atoms with Crippen LogP contribution in [-0.2, 0) is 16.0 Å². The van der Waals surface area contributed by atoms with Crippen LogP contribution in [0.15, 0.2) is 53.3 Å². The fourth-order valence-corrected chi connectivity index (χ4v) is 3.53. The number of para-hydroxylation sites is 1. The van der Waals surface area contributed by atoms with Crippen LogP contribution in [0.3, 0.4) is 0 Å². The molecule has 0 radical (unpaired) electrons. The number of carbonyl (C=O) groups is 1. The van der Waals surface area contributed by atoms with E-state index in [0.29, 0.717) is 35.5 Å². The van der Waals surface area contributed by atoms with Gasteiger partial charge in [0.15, 0.2) is 0 Å². The quantitative estimate of drug-likeness (QED) is 0.333. The first-order chi connectivity index (χ1) is 15.7. The summed E-state index contributed by atoms with van der Waals surface area (Å²) in [6.45, 7) is 3.17.